The molecular formula is C20H19FN6O. The first kappa shape index (κ1) is 18.0. The number of anilines is 2. The molecule has 1 N–H and O–H groups in total. The predicted octanol–water partition coefficient (Wildman–Crippen LogP) is 3.17. The van der Waals surface area contributed by atoms with Crippen LogP contribution in [0.25, 0.3) is 0 Å². The number of hydrogen-bond donors (Lipinski definition) is 1. The molecule has 1 atom stereocenters. The average molecular weight is 378 g/mol. The number of rotatable bonds is 4. The molecule has 1 saturated heterocycles. The van der Waals surface area contributed by atoms with Crippen molar-refractivity contribution in [1.82, 2.24) is 24.8 Å². The topological polar surface area (TPSA) is 83.9 Å². The van der Waals surface area contributed by atoms with Crippen LogP contribution in [0.3, 0.4) is 0 Å². The van der Waals surface area contributed by atoms with E-state index in [2.05, 4.69) is 25.3 Å². The second kappa shape index (κ2) is 8.08. The van der Waals surface area contributed by atoms with Gasteiger partial charge in [-0.15, -0.1) is 0 Å². The summed E-state index contributed by atoms with van der Waals surface area (Å²) < 4.78 is 13.1. The molecule has 7 nitrogen and oxygen atoms in total. The van der Waals surface area contributed by atoms with Gasteiger partial charge in [0.15, 0.2) is 5.82 Å². The lowest BCUT2D eigenvalue weighted by Crippen LogP contribution is -2.39. The summed E-state index contributed by atoms with van der Waals surface area (Å²) in [6.07, 6.45) is 8.30. The van der Waals surface area contributed by atoms with Gasteiger partial charge >= 0.3 is 0 Å². The maximum atomic E-state index is 13.1. The summed E-state index contributed by atoms with van der Waals surface area (Å²) in [7, 11) is 0. The zero-order chi connectivity index (χ0) is 19.3. The summed E-state index contributed by atoms with van der Waals surface area (Å²) in [5.74, 6) is 0.689. The Bertz CT molecular complexity index is 950. The van der Waals surface area contributed by atoms with Gasteiger partial charge in [-0.05, 0) is 43.2 Å². The van der Waals surface area contributed by atoms with Gasteiger partial charge in [0.05, 0.1) is 11.9 Å². The fourth-order valence-electron chi connectivity index (χ4n) is 3.32. The smallest absolute Gasteiger partial charge is 0.253 e. The lowest BCUT2D eigenvalue weighted by atomic mass is 9.94. The molecule has 0 aliphatic carbocycles. The SMILES string of the molecule is O=C(c1ccc(F)cc1)N1CCC[C@H](c2ccnc(Nc3cnccn3)n2)C1. The molecule has 8 heteroatoms. The van der Waals surface area contributed by atoms with Crippen molar-refractivity contribution < 1.29 is 9.18 Å². The molecule has 0 bridgehead atoms. The second-order valence-electron chi connectivity index (χ2n) is 6.62. The molecule has 1 aliphatic rings. The van der Waals surface area contributed by atoms with Gasteiger partial charge in [-0.2, -0.15) is 0 Å². The third-order valence-corrected chi connectivity index (χ3v) is 4.70. The lowest BCUT2D eigenvalue weighted by molar-refractivity contribution is 0.0706. The van der Waals surface area contributed by atoms with E-state index in [0.717, 1.165) is 18.5 Å². The van der Waals surface area contributed by atoms with E-state index in [-0.39, 0.29) is 17.6 Å². The highest BCUT2D eigenvalue weighted by Crippen LogP contribution is 2.27. The summed E-state index contributed by atoms with van der Waals surface area (Å²) in [5, 5.41) is 3.04. The van der Waals surface area contributed by atoms with Crippen molar-refractivity contribution in [2.75, 3.05) is 18.4 Å². The summed E-state index contributed by atoms with van der Waals surface area (Å²) in [6, 6.07) is 7.54. The molecule has 1 aromatic carbocycles. The predicted molar refractivity (Wildman–Crippen MR) is 102 cm³/mol. The Morgan fingerprint density at radius 3 is 2.75 bits per heavy atom. The fraction of sp³-hybridized carbons (Fsp3) is 0.250. The van der Waals surface area contributed by atoms with Crippen LogP contribution in [0.2, 0.25) is 0 Å². The molecule has 4 rings (SSSR count). The molecule has 3 heterocycles. The van der Waals surface area contributed by atoms with Crippen molar-refractivity contribution in [2.45, 2.75) is 18.8 Å². The number of carbonyl (C=O) groups excluding carboxylic acids is 1. The molecule has 0 unspecified atom stereocenters. The van der Waals surface area contributed by atoms with Gasteiger partial charge in [0.1, 0.15) is 5.82 Å². The zero-order valence-electron chi connectivity index (χ0n) is 15.1. The van der Waals surface area contributed by atoms with E-state index in [1.807, 2.05) is 6.07 Å². The zero-order valence-corrected chi connectivity index (χ0v) is 15.1. The van der Waals surface area contributed by atoms with Crippen molar-refractivity contribution in [3.63, 3.8) is 0 Å². The minimum atomic E-state index is -0.350. The van der Waals surface area contributed by atoms with E-state index in [1.54, 1.807) is 29.7 Å². The van der Waals surface area contributed by atoms with Gasteiger partial charge in [-0.1, -0.05) is 0 Å². The number of halogens is 1. The number of hydrogen-bond acceptors (Lipinski definition) is 6. The van der Waals surface area contributed by atoms with E-state index in [4.69, 9.17) is 0 Å². The molecule has 28 heavy (non-hydrogen) atoms. The Balaban J connectivity index is 1.48. The Labute approximate surface area is 161 Å². The maximum absolute atomic E-state index is 13.1. The quantitative estimate of drug-likeness (QED) is 0.751. The fourth-order valence-corrected chi connectivity index (χ4v) is 3.32. The van der Waals surface area contributed by atoms with E-state index in [0.29, 0.717) is 30.4 Å². The van der Waals surface area contributed by atoms with E-state index in [9.17, 15) is 9.18 Å². The first-order valence-corrected chi connectivity index (χ1v) is 9.10. The minimum Gasteiger partial charge on any atom is -0.338 e. The summed E-state index contributed by atoms with van der Waals surface area (Å²) in [6.45, 7) is 1.25. The number of piperidine rings is 1. The van der Waals surface area contributed by atoms with Gasteiger partial charge < -0.3 is 10.2 Å². The molecule has 0 saturated carbocycles. The van der Waals surface area contributed by atoms with Crippen LogP contribution in [-0.4, -0.2) is 43.8 Å². The lowest BCUT2D eigenvalue weighted by Gasteiger charge is -2.32. The van der Waals surface area contributed by atoms with Crippen LogP contribution in [-0.2, 0) is 0 Å². The second-order valence-corrected chi connectivity index (χ2v) is 6.62. The average Bonchev–Trinajstić information content (AvgIpc) is 2.75. The number of nitrogens with zero attached hydrogens (tertiary/aromatic N) is 5. The van der Waals surface area contributed by atoms with Crippen LogP contribution in [0.15, 0.2) is 55.1 Å². The Hall–Kier alpha value is -3.42. The van der Waals surface area contributed by atoms with E-state index < -0.39 is 0 Å². The molecule has 3 aromatic rings. The van der Waals surface area contributed by atoms with Crippen LogP contribution >= 0.6 is 0 Å². The van der Waals surface area contributed by atoms with Crippen LogP contribution < -0.4 is 5.32 Å². The van der Waals surface area contributed by atoms with E-state index in [1.165, 1.54) is 24.3 Å². The number of carbonyl (C=O) groups is 1. The van der Waals surface area contributed by atoms with Gasteiger partial charge in [-0.3, -0.25) is 9.78 Å². The normalized spacial score (nSPS) is 16.6. The van der Waals surface area contributed by atoms with Crippen molar-refractivity contribution in [2.24, 2.45) is 0 Å². The highest BCUT2D eigenvalue weighted by molar-refractivity contribution is 5.94. The number of benzene rings is 1. The first-order chi connectivity index (χ1) is 13.7. The highest BCUT2D eigenvalue weighted by atomic mass is 19.1. The molecule has 142 valence electrons. The van der Waals surface area contributed by atoms with Crippen molar-refractivity contribution in [3.8, 4) is 0 Å². The minimum absolute atomic E-state index is 0.0864. The van der Waals surface area contributed by atoms with Crippen molar-refractivity contribution in [1.29, 1.82) is 0 Å². The van der Waals surface area contributed by atoms with Gasteiger partial charge in [0, 0.05) is 43.2 Å². The highest BCUT2D eigenvalue weighted by Gasteiger charge is 2.26. The van der Waals surface area contributed by atoms with Crippen LogP contribution in [0, 0.1) is 5.82 Å². The maximum Gasteiger partial charge on any atom is 0.253 e. The number of amides is 1. The van der Waals surface area contributed by atoms with Crippen LogP contribution in [0.1, 0.15) is 34.8 Å². The van der Waals surface area contributed by atoms with Gasteiger partial charge in [-0.25, -0.2) is 19.3 Å². The standard InChI is InChI=1S/C20H19FN6O/c21-16-5-3-14(4-6-16)19(28)27-11-1-2-15(13-27)17-7-8-24-20(25-17)26-18-12-22-9-10-23-18/h3-10,12,15H,1-2,11,13H2,(H,23,24,25,26)/t15-/m0/s1. The number of nitrogens with one attached hydrogen (secondary N) is 1. The molecule has 0 spiro atoms. The Morgan fingerprint density at radius 1 is 1.11 bits per heavy atom. The Morgan fingerprint density at radius 2 is 1.96 bits per heavy atom. The van der Waals surface area contributed by atoms with Gasteiger partial charge in [0.25, 0.3) is 5.91 Å². The Kier molecular flexibility index (Phi) is 5.18. The molecule has 1 aliphatic heterocycles. The van der Waals surface area contributed by atoms with Crippen molar-refractivity contribution >= 4 is 17.7 Å². The summed E-state index contributed by atoms with van der Waals surface area (Å²) in [5.41, 5.74) is 1.37. The molecular weight excluding hydrogens is 359 g/mol. The molecule has 1 amide bonds. The third kappa shape index (κ3) is 4.11. The molecule has 2 aromatic heterocycles. The number of likely N-dealkylation sites (tertiary alicyclic amines) is 1. The number of aromatic nitrogens is 4. The first-order valence-electron chi connectivity index (χ1n) is 9.10. The van der Waals surface area contributed by atoms with Gasteiger partial charge in [0.2, 0.25) is 5.95 Å². The van der Waals surface area contributed by atoms with Crippen molar-refractivity contribution in [3.05, 3.63) is 72.2 Å². The molecule has 1 fully saturated rings. The van der Waals surface area contributed by atoms with Crippen LogP contribution in [0.4, 0.5) is 16.2 Å². The molecule has 0 radical (unpaired) electrons. The van der Waals surface area contributed by atoms with E-state index >= 15 is 0 Å². The monoisotopic (exact) mass is 378 g/mol. The summed E-state index contributed by atoms with van der Waals surface area (Å²) in [4.78, 5) is 31.5. The summed E-state index contributed by atoms with van der Waals surface area (Å²) >= 11 is 0. The third-order valence-electron chi connectivity index (χ3n) is 4.70. The van der Waals surface area contributed by atoms with Crippen LogP contribution in [0.5, 0.6) is 0 Å². The largest absolute Gasteiger partial charge is 0.338 e.